The molecule has 0 spiro atoms. The van der Waals surface area contributed by atoms with E-state index in [0.717, 1.165) is 25.7 Å². The van der Waals surface area contributed by atoms with Crippen LogP contribution in [0.25, 0.3) is 0 Å². The lowest BCUT2D eigenvalue weighted by atomic mass is 9.81. The summed E-state index contributed by atoms with van der Waals surface area (Å²) in [6.45, 7) is 3.61. The zero-order chi connectivity index (χ0) is 18.6. The van der Waals surface area contributed by atoms with Gasteiger partial charge in [0.25, 0.3) is 5.91 Å². The quantitative estimate of drug-likeness (QED) is 0.838. The van der Waals surface area contributed by atoms with Crippen molar-refractivity contribution < 1.29 is 14.6 Å². The number of carbonyl (C=O) groups excluding carboxylic acids is 1. The van der Waals surface area contributed by atoms with Crippen LogP contribution in [-0.2, 0) is 4.79 Å². The normalized spacial score (nSPS) is 20.4. The molecule has 2 N–H and O–H groups in total. The number of phenols is 1. The summed E-state index contributed by atoms with van der Waals surface area (Å²) in [6.07, 6.45) is 3.99. The Hall–Kier alpha value is -2.49. The van der Waals surface area contributed by atoms with E-state index in [9.17, 15) is 9.90 Å². The molecule has 1 aliphatic carbocycles. The molecule has 4 nitrogen and oxygen atoms in total. The number of phenolic OH excluding ortho intramolecular Hbond substituents is 1. The maximum Gasteiger partial charge on any atom is 0.263 e. The number of carbonyl (C=O) groups is 1. The largest absolute Gasteiger partial charge is 0.508 e. The molecule has 0 bridgehead atoms. The van der Waals surface area contributed by atoms with Crippen molar-refractivity contribution in [1.82, 2.24) is 5.32 Å². The average Bonchev–Trinajstić information content (AvgIpc) is 2.63. The first-order valence-electron chi connectivity index (χ1n) is 9.28. The molecule has 2 aromatic carbocycles. The fourth-order valence-corrected chi connectivity index (χ4v) is 3.51. The molecule has 4 heteroatoms. The number of amides is 1. The molecule has 1 fully saturated rings. The van der Waals surface area contributed by atoms with Gasteiger partial charge in [0.2, 0.25) is 0 Å². The third kappa shape index (κ3) is 4.57. The van der Waals surface area contributed by atoms with Gasteiger partial charge in [-0.05, 0) is 75.3 Å². The van der Waals surface area contributed by atoms with Crippen molar-refractivity contribution in [3.05, 3.63) is 60.2 Å². The maximum absolute atomic E-state index is 12.7. The highest BCUT2D eigenvalue weighted by molar-refractivity contribution is 5.85. The van der Waals surface area contributed by atoms with E-state index < -0.39 is 5.60 Å². The molecule has 3 rings (SSSR count). The third-order valence-electron chi connectivity index (χ3n) is 5.09. The number of hydrogen-bond acceptors (Lipinski definition) is 3. The fourth-order valence-electron chi connectivity index (χ4n) is 3.51. The Balaban J connectivity index is 1.52. The standard InChI is InChI=1S/C22H27NO3/c1-22(2,26-20-6-4-3-5-7-20)21(25)23-18-12-8-16(9-13-18)17-10-14-19(24)15-11-17/h3-7,10-11,14-16,18,24H,8-9,12-13H2,1-2H3,(H,23,25). The van der Waals surface area contributed by atoms with E-state index in [0.29, 0.717) is 17.4 Å². The second-order valence-electron chi connectivity index (χ2n) is 7.54. The number of nitrogens with one attached hydrogen (secondary N) is 1. The Morgan fingerprint density at radius 3 is 2.23 bits per heavy atom. The van der Waals surface area contributed by atoms with Gasteiger partial charge in [-0.3, -0.25) is 4.79 Å². The van der Waals surface area contributed by atoms with Crippen LogP contribution >= 0.6 is 0 Å². The summed E-state index contributed by atoms with van der Waals surface area (Å²) in [5.74, 6) is 1.42. The number of aromatic hydroxyl groups is 1. The molecular weight excluding hydrogens is 326 g/mol. The van der Waals surface area contributed by atoms with Gasteiger partial charge in [-0.2, -0.15) is 0 Å². The third-order valence-corrected chi connectivity index (χ3v) is 5.09. The molecule has 0 aliphatic heterocycles. The summed E-state index contributed by atoms with van der Waals surface area (Å²) >= 11 is 0. The fraction of sp³-hybridized carbons (Fsp3) is 0.409. The lowest BCUT2D eigenvalue weighted by molar-refractivity contribution is -0.135. The molecule has 0 heterocycles. The van der Waals surface area contributed by atoms with Gasteiger partial charge in [0, 0.05) is 6.04 Å². The monoisotopic (exact) mass is 353 g/mol. The lowest BCUT2D eigenvalue weighted by Crippen LogP contribution is -2.50. The lowest BCUT2D eigenvalue weighted by Gasteiger charge is -2.32. The predicted molar refractivity (Wildman–Crippen MR) is 102 cm³/mol. The Bertz CT molecular complexity index is 717. The molecule has 138 valence electrons. The first-order chi connectivity index (χ1) is 12.4. The van der Waals surface area contributed by atoms with Crippen molar-refractivity contribution in [2.24, 2.45) is 0 Å². The molecule has 1 aliphatic rings. The van der Waals surface area contributed by atoms with E-state index in [1.54, 1.807) is 26.0 Å². The second-order valence-corrected chi connectivity index (χ2v) is 7.54. The zero-order valence-electron chi connectivity index (χ0n) is 15.4. The van der Waals surface area contributed by atoms with Gasteiger partial charge in [0.1, 0.15) is 11.5 Å². The summed E-state index contributed by atoms with van der Waals surface area (Å²) in [5, 5.41) is 12.6. The van der Waals surface area contributed by atoms with Crippen molar-refractivity contribution in [3.63, 3.8) is 0 Å². The summed E-state index contributed by atoms with van der Waals surface area (Å²) < 4.78 is 5.87. The van der Waals surface area contributed by atoms with Crippen LogP contribution in [0.1, 0.15) is 51.0 Å². The van der Waals surface area contributed by atoms with Gasteiger partial charge in [-0.15, -0.1) is 0 Å². The Labute approximate surface area is 155 Å². The molecular formula is C22H27NO3. The summed E-state index contributed by atoms with van der Waals surface area (Å²) in [5.41, 5.74) is 0.357. The SMILES string of the molecule is CC(C)(Oc1ccccc1)C(=O)NC1CCC(c2ccc(O)cc2)CC1. The van der Waals surface area contributed by atoms with E-state index >= 15 is 0 Å². The van der Waals surface area contributed by atoms with Crippen LogP contribution in [-0.4, -0.2) is 22.7 Å². The smallest absolute Gasteiger partial charge is 0.263 e. The Morgan fingerprint density at radius 1 is 1.00 bits per heavy atom. The van der Waals surface area contributed by atoms with Crippen LogP contribution in [0, 0.1) is 0 Å². The zero-order valence-corrected chi connectivity index (χ0v) is 15.4. The van der Waals surface area contributed by atoms with Crippen molar-refractivity contribution in [2.45, 2.75) is 57.1 Å². The van der Waals surface area contributed by atoms with Crippen LogP contribution in [0.4, 0.5) is 0 Å². The summed E-state index contributed by atoms with van der Waals surface area (Å²) in [6, 6.07) is 17.1. The minimum absolute atomic E-state index is 0.0746. The Morgan fingerprint density at radius 2 is 1.62 bits per heavy atom. The van der Waals surface area contributed by atoms with Crippen molar-refractivity contribution in [1.29, 1.82) is 0 Å². The highest BCUT2D eigenvalue weighted by Gasteiger charge is 2.33. The van der Waals surface area contributed by atoms with Crippen LogP contribution < -0.4 is 10.1 Å². The predicted octanol–water partition coefficient (Wildman–Crippen LogP) is 4.39. The maximum atomic E-state index is 12.7. The first-order valence-corrected chi connectivity index (χ1v) is 9.28. The number of hydrogen-bond donors (Lipinski definition) is 2. The molecule has 0 unspecified atom stereocenters. The van der Waals surface area contributed by atoms with Gasteiger partial charge < -0.3 is 15.2 Å². The molecule has 26 heavy (non-hydrogen) atoms. The molecule has 0 radical (unpaired) electrons. The molecule has 2 aromatic rings. The van der Waals surface area contributed by atoms with Gasteiger partial charge >= 0.3 is 0 Å². The molecule has 0 saturated heterocycles. The molecule has 0 atom stereocenters. The van der Waals surface area contributed by atoms with Crippen LogP contribution in [0.2, 0.25) is 0 Å². The van der Waals surface area contributed by atoms with Gasteiger partial charge in [-0.1, -0.05) is 30.3 Å². The minimum atomic E-state index is -0.908. The topological polar surface area (TPSA) is 58.6 Å². The van der Waals surface area contributed by atoms with Gasteiger partial charge in [0.15, 0.2) is 5.60 Å². The molecule has 0 aromatic heterocycles. The summed E-state index contributed by atoms with van der Waals surface area (Å²) in [4.78, 5) is 12.7. The minimum Gasteiger partial charge on any atom is -0.508 e. The average molecular weight is 353 g/mol. The van der Waals surface area contributed by atoms with Gasteiger partial charge in [0.05, 0.1) is 0 Å². The Kier molecular flexibility index (Phi) is 5.50. The van der Waals surface area contributed by atoms with Gasteiger partial charge in [-0.25, -0.2) is 0 Å². The van der Waals surface area contributed by atoms with Crippen molar-refractivity contribution in [2.75, 3.05) is 0 Å². The van der Waals surface area contributed by atoms with Crippen LogP contribution in [0.3, 0.4) is 0 Å². The molecule has 1 saturated carbocycles. The van der Waals surface area contributed by atoms with E-state index in [2.05, 4.69) is 5.32 Å². The van der Waals surface area contributed by atoms with Crippen molar-refractivity contribution >= 4 is 5.91 Å². The number of para-hydroxylation sites is 1. The highest BCUT2D eigenvalue weighted by Crippen LogP contribution is 2.33. The first kappa shape index (κ1) is 18.3. The second kappa shape index (κ2) is 7.81. The van der Waals surface area contributed by atoms with E-state index in [-0.39, 0.29) is 11.9 Å². The van der Waals surface area contributed by atoms with Crippen LogP contribution in [0.15, 0.2) is 54.6 Å². The highest BCUT2D eigenvalue weighted by atomic mass is 16.5. The van der Waals surface area contributed by atoms with Crippen molar-refractivity contribution in [3.8, 4) is 11.5 Å². The number of rotatable bonds is 5. The summed E-state index contributed by atoms with van der Waals surface area (Å²) in [7, 11) is 0. The molecule has 1 amide bonds. The van der Waals surface area contributed by atoms with Crippen LogP contribution in [0.5, 0.6) is 11.5 Å². The van der Waals surface area contributed by atoms with E-state index in [4.69, 9.17) is 4.74 Å². The number of benzene rings is 2. The van der Waals surface area contributed by atoms with E-state index in [1.807, 2.05) is 42.5 Å². The number of ether oxygens (including phenoxy) is 1. The van der Waals surface area contributed by atoms with E-state index in [1.165, 1.54) is 5.56 Å².